The van der Waals surface area contributed by atoms with E-state index >= 15 is 0 Å². The molecule has 0 radical (unpaired) electrons. The molecule has 5 heterocycles. The third-order valence-corrected chi connectivity index (χ3v) is 14.5. The minimum absolute atomic E-state index is 0.0107. The van der Waals surface area contributed by atoms with Crippen LogP contribution in [0.2, 0.25) is 0 Å². The van der Waals surface area contributed by atoms with E-state index in [1.807, 2.05) is 49.9 Å². The second kappa shape index (κ2) is 17.0. The smallest absolute Gasteiger partial charge is 0.407 e. The number of imidazole rings is 2. The number of rotatable bonds is 11. The summed E-state index contributed by atoms with van der Waals surface area (Å²) in [6, 6.07) is 19.8. The second-order valence-electron chi connectivity index (χ2n) is 19.3. The lowest BCUT2D eigenvalue weighted by Crippen LogP contribution is -2.55. The minimum Gasteiger partial charge on any atom is -0.453 e. The second-order valence-corrected chi connectivity index (χ2v) is 19.3. The van der Waals surface area contributed by atoms with E-state index in [0.29, 0.717) is 24.7 Å². The number of aromatic amines is 2. The number of carbonyl (C=O) groups excluding carboxylic acids is 4. The van der Waals surface area contributed by atoms with Gasteiger partial charge in [-0.2, -0.15) is 0 Å². The van der Waals surface area contributed by atoms with Gasteiger partial charge in [-0.1, -0.05) is 62.4 Å². The number of carbonyl (C=O) groups is 4. The molecule has 2 saturated carbocycles. The first-order chi connectivity index (χ1) is 31.4. The van der Waals surface area contributed by atoms with Crippen LogP contribution in [-0.4, -0.2) is 104 Å². The number of aromatic nitrogens is 4. The molecule has 10 rings (SSSR count). The Labute approximate surface area is 378 Å². The predicted octanol–water partition coefficient (Wildman–Crippen LogP) is 7.92. The normalized spacial score (nSPS) is 27.5. The van der Waals surface area contributed by atoms with Crippen molar-refractivity contribution in [2.24, 2.45) is 23.7 Å². The Kier molecular flexibility index (Phi) is 11.2. The Hall–Kier alpha value is -6.22. The molecule has 3 aromatic carbocycles. The number of methoxy groups -OCH3 is 2. The highest BCUT2D eigenvalue weighted by atomic mass is 16.5. The van der Waals surface area contributed by atoms with Crippen molar-refractivity contribution in [3.63, 3.8) is 0 Å². The van der Waals surface area contributed by atoms with Gasteiger partial charge in [0.2, 0.25) is 11.8 Å². The molecule has 4 N–H and O–H groups in total. The molecule has 2 aliphatic carbocycles. The molecule has 15 heteroatoms. The van der Waals surface area contributed by atoms with E-state index in [4.69, 9.17) is 24.2 Å². The number of nitrogens with one attached hydrogen (secondary N) is 4. The van der Waals surface area contributed by atoms with E-state index in [9.17, 15) is 19.2 Å². The average Bonchev–Trinajstić information content (AvgIpc) is 3.89. The summed E-state index contributed by atoms with van der Waals surface area (Å²) in [5.74, 6) is 2.04. The molecular formula is C50H58N8O7. The highest BCUT2D eigenvalue weighted by Gasteiger charge is 2.58. The van der Waals surface area contributed by atoms with Gasteiger partial charge in [0.15, 0.2) is 0 Å². The van der Waals surface area contributed by atoms with Gasteiger partial charge in [-0.15, -0.1) is 0 Å². The number of likely N-dealkylation sites (tertiary alicyclic amines) is 2. The average molecular weight is 883 g/mol. The number of fused-ring (bicyclic) bond motifs is 3. The largest absolute Gasteiger partial charge is 0.453 e. The maximum atomic E-state index is 14.5. The highest BCUT2D eigenvalue weighted by molar-refractivity contribution is 5.91. The van der Waals surface area contributed by atoms with Gasteiger partial charge in [0, 0.05) is 17.6 Å². The van der Waals surface area contributed by atoms with Crippen LogP contribution < -0.4 is 10.6 Å². The molecule has 3 unspecified atom stereocenters. The fraction of sp³-hybridized carbons (Fsp3) is 0.480. The van der Waals surface area contributed by atoms with Gasteiger partial charge in [0.25, 0.3) is 0 Å². The van der Waals surface area contributed by atoms with Crippen molar-refractivity contribution in [2.45, 2.75) is 115 Å². The van der Waals surface area contributed by atoms with Gasteiger partial charge < -0.3 is 44.6 Å². The third-order valence-electron chi connectivity index (χ3n) is 14.5. The van der Waals surface area contributed by atoms with Crippen LogP contribution in [0.15, 0.2) is 73.1 Å². The zero-order chi connectivity index (χ0) is 45.3. The molecule has 11 atom stereocenters. The number of alkyl carbamates (subject to hydrolysis) is 2. The minimum atomic E-state index is -0.706. The maximum Gasteiger partial charge on any atom is 0.407 e. The molecule has 340 valence electrons. The summed E-state index contributed by atoms with van der Waals surface area (Å²) in [4.78, 5) is 73.5. The van der Waals surface area contributed by atoms with Crippen molar-refractivity contribution >= 4 is 34.8 Å². The number of hydrogen-bond acceptors (Lipinski definition) is 9. The maximum absolute atomic E-state index is 14.5. The fourth-order valence-electron chi connectivity index (χ4n) is 11.1. The Bertz CT molecular complexity index is 2610. The van der Waals surface area contributed by atoms with Crippen LogP contribution in [0.3, 0.4) is 0 Å². The summed E-state index contributed by atoms with van der Waals surface area (Å²) in [5, 5.41) is 7.85. The summed E-state index contributed by atoms with van der Waals surface area (Å²) < 4.78 is 15.8. The summed E-state index contributed by atoms with van der Waals surface area (Å²) in [5.41, 5.74) is 5.94. The number of hydrogen-bond donors (Lipinski definition) is 4. The summed E-state index contributed by atoms with van der Waals surface area (Å²) in [6.45, 7) is 7.88. The Morgan fingerprint density at radius 2 is 1.14 bits per heavy atom. The van der Waals surface area contributed by atoms with Crippen molar-refractivity contribution in [1.82, 2.24) is 40.4 Å². The van der Waals surface area contributed by atoms with Crippen LogP contribution in [-0.2, 0) is 23.8 Å². The molecule has 0 bridgehead atoms. The quantitative estimate of drug-likeness (QED) is 0.102. The molecule has 3 saturated heterocycles. The number of benzene rings is 3. The highest BCUT2D eigenvalue weighted by Crippen LogP contribution is 2.55. The topological polar surface area (TPSA) is 184 Å². The zero-order valence-corrected chi connectivity index (χ0v) is 37.7. The van der Waals surface area contributed by atoms with Gasteiger partial charge in [-0.25, -0.2) is 19.6 Å². The molecule has 5 fully saturated rings. The van der Waals surface area contributed by atoms with E-state index in [-0.39, 0.29) is 60.0 Å². The van der Waals surface area contributed by atoms with Crippen molar-refractivity contribution in [3.8, 4) is 33.6 Å². The van der Waals surface area contributed by atoms with E-state index in [0.717, 1.165) is 81.7 Å². The number of H-pyrrole nitrogens is 2. The van der Waals surface area contributed by atoms with Crippen molar-refractivity contribution < 1.29 is 33.4 Å². The van der Waals surface area contributed by atoms with E-state index in [1.54, 1.807) is 0 Å². The van der Waals surface area contributed by atoms with E-state index in [2.05, 4.69) is 81.3 Å². The number of ether oxygens (including phenoxy) is 3. The van der Waals surface area contributed by atoms with Crippen LogP contribution in [0.5, 0.6) is 0 Å². The predicted molar refractivity (Wildman–Crippen MR) is 243 cm³/mol. The first-order valence-corrected chi connectivity index (χ1v) is 23.1. The van der Waals surface area contributed by atoms with Gasteiger partial charge in [0.05, 0.1) is 62.3 Å². The zero-order valence-electron chi connectivity index (χ0n) is 37.7. The Balaban J connectivity index is 0.821. The first-order valence-electron chi connectivity index (χ1n) is 23.1. The van der Waals surface area contributed by atoms with Crippen molar-refractivity contribution in [1.29, 1.82) is 0 Å². The monoisotopic (exact) mass is 882 g/mol. The summed E-state index contributed by atoms with van der Waals surface area (Å²) in [7, 11) is 2.63. The van der Waals surface area contributed by atoms with Crippen molar-refractivity contribution in [3.05, 3.63) is 84.7 Å². The lowest BCUT2D eigenvalue weighted by atomic mass is 9.85. The van der Waals surface area contributed by atoms with Crippen LogP contribution in [0.1, 0.15) is 90.0 Å². The van der Waals surface area contributed by atoms with Crippen LogP contribution in [0, 0.1) is 23.7 Å². The molecule has 65 heavy (non-hydrogen) atoms. The lowest BCUT2D eigenvalue weighted by Gasteiger charge is -2.38. The van der Waals surface area contributed by atoms with Crippen LogP contribution in [0.25, 0.3) is 44.4 Å². The van der Waals surface area contributed by atoms with E-state index in [1.165, 1.54) is 14.2 Å². The first kappa shape index (κ1) is 42.7. The Morgan fingerprint density at radius 1 is 0.646 bits per heavy atom. The van der Waals surface area contributed by atoms with Gasteiger partial charge in [0.1, 0.15) is 23.7 Å². The summed E-state index contributed by atoms with van der Waals surface area (Å²) >= 11 is 0. The molecule has 4 amide bonds. The van der Waals surface area contributed by atoms with Crippen LogP contribution >= 0.6 is 0 Å². The molecule has 5 aromatic rings. The summed E-state index contributed by atoms with van der Waals surface area (Å²) in [6.07, 6.45) is 7.43. The van der Waals surface area contributed by atoms with Crippen molar-refractivity contribution in [2.75, 3.05) is 14.2 Å². The van der Waals surface area contributed by atoms with Gasteiger partial charge in [-0.05, 0) is 116 Å². The van der Waals surface area contributed by atoms with Gasteiger partial charge in [-0.3, -0.25) is 9.59 Å². The SMILES string of the molecule is COC(=O)NC(C(=O)N1[C@@H]2CC2C[C@H]1c1ncc(-c2ccc3cc(-c4ccc(-c5cnc([C@@H]6C[C@H]7C[C@H]7N6C(=O)[C@@H](NC(=O)OC)C(C)C)[nH]5)cc4)ccc3c2)[nH]1)C1C[C@@H](C)O[C@@H](C)C1. The molecule has 3 aliphatic heterocycles. The van der Waals surface area contributed by atoms with E-state index < -0.39 is 24.3 Å². The molecule has 0 spiro atoms. The number of amides is 4. The number of piperidine rings is 2. The third kappa shape index (κ3) is 8.23. The molecular weight excluding hydrogens is 825 g/mol. The van der Waals surface area contributed by atoms with Crippen LogP contribution in [0.4, 0.5) is 9.59 Å². The molecule has 15 nitrogen and oxygen atoms in total. The standard InChI is InChI=1S/C50H58N8O7/c1-25(2)43(55-49(61)63-5)47(59)57-39-19-34(39)21-41(57)45-51-23-37(53-45)29-9-7-28(8-10-29)30-11-12-32-18-33(14-13-31(32)17-30)38-24-52-46(54-38)42-22-35-20-40(35)58(42)48(60)44(56-50(62)64-6)36-15-26(3)65-27(4)16-36/h7-14,17-18,23-27,34-36,39-44H,15-16,19-22H2,1-6H3,(H,51,53)(H,52,54)(H,55,61)(H,56,62)/t26-,27+,34-,35?,36?,39-,40-,41+,42+,43+,44?/m1/s1. The number of nitrogens with zero attached hydrogens (tertiary/aromatic N) is 4. The molecule has 2 aromatic heterocycles. The van der Waals surface area contributed by atoms with Gasteiger partial charge >= 0.3 is 12.2 Å². The lowest BCUT2D eigenvalue weighted by molar-refractivity contribution is -0.140. The molecule has 5 aliphatic rings. The Morgan fingerprint density at radius 3 is 1.71 bits per heavy atom. The fourth-order valence-corrected chi connectivity index (χ4v) is 11.1.